The molecule has 0 bridgehead atoms. The van der Waals surface area contributed by atoms with Crippen LogP contribution in [0.4, 0.5) is 0 Å². The molecule has 0 aromatic carbocycles. The third-order valence-corrected chi connectivity index (χ3v) is 3.21. The molecule has 0 radical (unpaired) electrons. The molecule has 0 spiro atoms. The highest BCUT2D eigenvalue weighted by Gasteiger charge is 2.36. The van der Waals surface area contributed by atoms with Crippen molar-refractivity contribution in [3.05, 3.63) is 0 Å². The van der Waals surface area contributed by atoms with Gasteiger partial charge in [0.2, 0.25) is 5.91 Å². The van der Waals surface area contributed by atoms with Crippen molar-refractivity contribution in [1.82, 2.24) is 5.32 Å². The molecule has 0 aliphatic rings. The lowest BCUT2D eigenvalue weighted by atomic mass is 9.79. The molecular weight excluding hydrogens is 222 g/mol. The summed E-state index contributed by atoms with van der Waals surface area (Å²) in [6.07, 6.45) is 2.27. The van der Waals surface area contributed by atoms with E-state index in [-0.39, 0.29) is 18.9 Å². The monoisotopic (exact) mass is 245 g/mol. The van der Waals surface area contributed by atoms with Gasteiger partial charge in [0.15, 0.2) is 0 Å². The Kier molecular flexibility index (Phi) is 7.54. The molecule has 0 fully saturated rings. The molecule has 17 heavy (non-hydrogen) atoms. The second-order valence-electron chi connectivity index (χ2n) is 4.25. The number of aliphatic hydroxyl groups excluding tert-OH is 1. The maximum absolute atomic E-state index is 11.6. The molecule has 100 valence electrons. The molecule has 0 aliphatic heterocycles. The Morgan fingerprint density at radius 3 is 2.18 bits per heavy atom. The fourth-order valence-corrected chi connectivity index (χ4v) is 1.71. The van der Waals surface area contributed by atoms with Crippen LogP contribution in [-0.4, -0.2) is 35.2 Å². The van der Waals surface area contributed by atoms with Gasteiger partial charge in [-0.3, -0.25) is 9.59 Å². The summed E-state index contributed by atoms with van der Waals surface area (Å²) in [5.41, 5.74) is -0.943. The first-order valence-electron chi connectivity index (χ1n) is 6.13. The molecule has 0 saturated heterocycles. The van der Waals surface area contributed by atoms with E-state index in [2.05, 4.69) is 5.32 Å². The zero-order valence-electron chi connectivity index (χ0n) is 10.7. The summed E-state index contributed by atoms with van der Waals surface area (Å²) in [6.45, 7) is 4.18. The summed E-state index contributed by atoms with van der Waals surface area (Å²) < 4.78 is 0. The number of nitrogens with one attached hydrogen (secondary N) is 1. The zero-order chi connectivity index (χ0) is 13.3. The van der Waals surface area contributed by atoms with Gasteiger partial charge in [-0.1, -0.05) is 13.8 Å². The molecule has 0 unspecified atom stereocenters. The van der Waals surface area contributed by atoms with Crippen LogP contribution in [0, 0.1) is 5.41 Å². The van der Waals surface area contributed by atoms with Crippen LogP contribution in [0.15, 0.2) is 0 Å². The van der Waals surface area contributed by atoms with Gasteiger partial charge >= 0.3 is 5.97 Å². The predicted octanol–water partition coefficient (Wildman–Crippen LogP) is 1.16. The van der Waals surface area contributed by atoms with Crippen molar-refractivity contribution >= 4 is 11.9 Å². The molecule has 0 saturated carbocycles. The molecule has 3 N–H and O–H groups in total. The lowest BCUT2D eigenvalue weighted by molar-refractivity contribution is -0.152. The number of carbonyl (C=O) groups excluding carboxylic acids is 1. The molecule has 5 nitrogen and oxygen atoms in total. The number of carbonyl (C=O) groups is 2. The second-order valence-corrected chi connectivity index (χ2v) is 4.25. The van der Waals surface area contributed by atoms with Gasteiger partial charge in [-0.2, -0.15) is 0 Å². The number of aliphatic carboxylic acids is 1. The SMILES string of the molecule is CCC(CC)(CC(=O)NCCCCO)C(=O)O. The van der Waals surface area contributed by atoms with Crippen LogP contribution >= 0.6 is 0 Å². The van der Waals surface area contributed by atoms with Crippen molar-refractivity contribution in [3.8, 4) is 0 Å². The Labute approximate surface area is 102 Å². The summed E-state index contributed by atoms with van der Waals surface area (Å²) in [4.78, 5) is 22.8. The average molecular weight is 245 g/mol. The lowest BCUT2D eigenvalue weighted by Gasteiger charge is -2.25. The van der Waals surface area contributed by atoms with Gasteiger partial charge < -0.3 is 15.5 Å². The lowest BCUT2D eigenvalue weighted by Crippen LogP contribution is -2.37. The first-order chi connectivity index (χ1) is 8.02. The number of aliphatic hydroxyl groups is 1. The largest absolute Gasteiger partial charge is 0.481 e. The Bertz CT molecular complexity index is 249. The molecule has 5 heteroatoms. The second kappa shape index (κ2) is 8.06. The number of carboxylic acid groups (broad SMARTS) is 1. The topological polar surface area (TPSA) is 86.6 Å². The van der Waals surface area contributed by atoms with E-state index in [4.69, 9.17) is 10.2 Å². The average Bonchev–Trinajstić information content (AvgIpc) is 2.31. The van der Waals surface area contributed by atoms with Crippen LogP contribution in [0.2, 0.25) is 0 Å². The number of amides is 1. The predicted molar refractivity (Wildman–Crippen MR) is 64.6 cm³/mol. The van der Waals surface area contributed by atoms with E-state index in [1.54, 1.807) is 13.8 Å². The maximum Gasteiger partial charge on any atom is 0.310 e. The highest BCUT2D eigenvalue weighted by atomic mass is 16.4. The first kappa shape index (κ1) is 15.9. The van der Waals surface area contributed by atoms with Crippen molar-refractivity contribution in [2.24, 2.45) is 5.41 Å². The van der Waals surface area contributed by atoms with Gasteiger partial charge in [-0.15, -0.1) is 0 Å². The Hall–Kier alpha value is -1.10. The smallest absolute Gasteiger partial charge is 0.310 e. The van der Waals surface area contributed by atoms with Gasteiger partial charge in [0.05, 0.1) is 5.41 Å². The van der Waals surface area contributed by atoms with Gasteiger partial charge in [0.1, 0.15) is 0 Å². The minimum Gasteiger partial charge on any atom is -0.481 e. The van der Waals surface area contributed by atoms with E-state index in [1.807, 2.05) is 0 Å². The summed E-state index contributed by atoms with van der Waals surface area (Å²) in [5.74, 6) is -1.14. The zero-order valence-corrected chi connectivity index (χ0v) is 10.7. The van der Waals surface area contributed by atoms with E-state index < -0.39 is 11.4 Å². The number of carboxylic acids is 1. The standard InChI is InChI=1S/C12H23NO4/c1-3-12(4-2,11(16)17)9-10(15)13-7-5-6-8-14/h14H,3-9H2,1-2H3,(H,13,15)(H,16,17). The van der Waals surface area contributed by atoms with Crippen molar-refractivity contribution in [3.63, 3.8) is 0 Å². The molecule has 0 aromatic rings. The highest BCUT2D eigenvalue weighted by Crippen LogP contribution is 2.30. The fraction of sp³-hybridized carbons (Fsp3) is 0.833. The molecule has 0 aromatic heterocycles. The van der Waals surface area contributed by atoms with Gasteiger partial charge in [-0.25, -0.2) is 0 Å². The molecule has 1 amide bonds. The Morgan fingerprint density at radius 2 is 1.76 bits per heavy atom. The molecule has 0 atom stereocenters. The number of unbranched alkanes of at least 4 members (excludes halogenated alkanes) is 1. The number of rotatable bonds is 9. The maximum atomic E-state index is 11.6. The van der Waals surface area contributed by atoms with Crippen LogP contribution in [0.25, 0.3) is 0 Å². The van der Waals surface area contributed by atoms with Crippen molar-refractivity contribution in [2.45, 2.75) is 46.0 Å². The van der Waals surface area contributed by atoms with Crippen molar-refractivity contribution < 1.29 is 19.8 Å². The number of hydrogen-bond acceptors (Lipinski definition) is 3. The molecule has 0 heterocycles. The molecular formula is C12H23NO4. The molecule has 0 rings (SSSR count). The molecule has 0 aliphatic carbocycles. The quantitative estimate of drug-likeness (QED) is 0.532. The van der Waals surface area contributed by atoms with Crippen LogP contribution < -0.4 is 5.32 Å². The van der Waals surface area contributed by atoms with Crippen molar-refractivity contribution in [1.29, 1.82) is 0 Å². The minimum absolute atomic E-state index is 0.0223. The number of hydrogen-bond donors (Lipinski definition) is 3. The van der Waals surface area contributed by atoms with E-state index >= 15 is 0 Å². The van der Waals surface area contributed by atoms with E-state index in [9.17, 15) is 9.59 Å². The highest BCUT2D eigenvalue weighted by molar-refractivity contribution is 5.84. The third kappa shape index (κ3) is 5.17. The summed E-state index contributed by atoms with van der Waals surface area (Å²) in [7, 11) is 0. The minimum atomic E-state index is -0.943. The van der Waals surface area contributed by atoms with Gasteiger partial charge in [-0.05, 0) is 25.7 Å². The normalized spacial score (nSPS) is 11.2. The summed E-state index contributed by atoms with van der Waals surface area (Å²) >= 11 is 0. The van der Waals surface area contributed by atoms with Gasteiger partial charge in [0.25, 0.3) is 0 Å². The van der Waals surface area contributed by atoms with Crippen LogP contribution in [0.5, 0.6) is 0 Å². The summed E-state index contributed by atoms with van der Waals surface area (Å²) in [5, 5.41) is 20.4. The van der Waals surface area contributed by atoms with Crippen LogP contribution in [-0.2, 0) is 9.59 Å². The Balaban J connectivity index is 4.18. The summed E-state index contributed by atoms with van der Waals surface area (Å²) in [6, 6.07) is 0. The van der Waals surface area contributed by atoms with E-state index in [0.29, 0.717) is 32.2 Å². The van der Waals surface area contributed by atoms with Crippen LogP contribution in [0.3, 0.4) is 0 Å². The van der Waals surface area contributed by atoms with E-state index in [1.165, 1.54) is 0 Å². The third-order valence-electron chi connectivity index (χ3n) is 3.21. The van der Waals surface area contributed by atoms with Crippen LogP contribution in [0.1, 0.15) is 46.0 Å². The first-order valence-corrected chi connectivity index (χ1v) is 6.13. The fourth-order valence-electron chi connectivity index (χ4n) is 1.71. The van der Waals surface area contributed by atoms with E-state index in [0.717, 1.165) is 0 Å². The van der Waals surface area contributed by atoms with Crippen molar-refractivity contribution in [2.75, 3.05) is 13.2 Å². The Morgan fingerprint density at radius 1 is 1.18 bits per heavy atom. The van der Waals surface area contributed by atoms with Gasteiger partial charge in [0, 0.05) is 19.6 Å².